The average Bonchev–Trinajstić information content (AvgIpc) is 3.15. The van der Waals surface area contributed by atoms with Crippen LogP contribution in [0.15, 0.2) is 43.0 Å². The SMILES string of the molecule is O=C(c1cncc(NCc2ccncc2)c1)N1CCC2(CC1)OCCO2. The molecule has 0 bridgehead atoms. The van der Waals surface area contributed by atoms with Crippen LogP contribution in [0.4, 0.5) is 5.69 Å². The van der Waals surface area contributed by atoms with Crippen LogP contribution < -0.4 is 5.32 Å². The topological polar surface area (TPSA) is 76.6 Å². The second kappa shape index (κ2) is 7.39. The standard InChI is InChI=1S/C19H22N4O3/c24-18(23-7-3-19(4-8-23)25-9-10-26-19)16-11-17(14-21-13-16)22-12-15-1-5-20-6-2-15/h1-2,5-6,11,13-14,22H,3-4,7-10,12H2. The van der Waals surface area contributed by atoms with Crippen LogP contribution in [0.3, 0.4) is 0 Å². The summed E-state index contributed by atoms with van der Waals surface area (Å²) in [6, 6.07) is 5.75. The molecule has 0 unspecified atom stereocenters. The number of rotatable bonds is 4. The first kappa shape index (κ1) is 16.9. The summed E-state index contributed by atoms with van der Waals surface area (Å²) in [5.74, 6) is -0.471. The van der Waals surface area contributed by atoms with E-state index in [9.17, 15) is 4.79 Å². The molecule has 26 heavy (non-hydrogen) atoms. The molecule has 1 amide bonds. The monoisotopic (exact) mass is 354 g/mol. The number of ether oxygens (including phenoxy) is 2. The number of hydrogen-bond donors (Lipinski definition) is 1. The van der Waals surface area contributed by atoms with Crippen molar-refractivity contribution in [1.29, 1.82) is 0 Å². The van der Waals surface area contributed by atoms with Gasteiger partial charge in [-0.25, -0.2) is 0 Å². The first-order valence-electron chi connectivity index (χ1n) is 8.89. The molecule has 2 fully saturated rings. The second-order valence-electron chi connectivity index (χ2n) is 6.57. The molecule has 136 valence electrons. The van der Waals surface area contributed by atoms with E-state index in [1.807, 2.05) is 23.1 Å². The Kier molecular flexibility index (Phi) is 4.81. The van der Waals surface area contributed by atoms with Gasteiger partial charge < -0.3 is 19.7 Å². The Hall–Kier alpha value is -2.51. The maximum Gasteiger partial charge on any atom is 0.255 e. The number of nitrogens with one attached hydrogen (secondary N) is 1. The van der Waals surface area contributed by atoms with Gasteiger partial charge in [-0.1, -0.05) is 0 Å². The fourth-order valence-corrected chi connectivity index (χ4v) is 3.38. The van der Waals surface area contributed by atoms with E-state index in [0.29, 0.717) is 51.3 Å². The van der Waals surface area contributed by atoms with E-state index in [0.717, 1.165) is 11.3 Å². The number of carbonyl (C=O) groups excluding carboxylic acids is 1. The molecule has 1 spiro atoms. The third-order valence-electron chi connectivity index (χ3n) is 4.86. The van der Waals surface area contributed by atoms with Gasteiger partial charge in [0.25, 0.3) is 5.91 Å². The number of aromatic nitrogens is 2. The maximum absolute atomic E-state index is 12.8. The Morgan fingerprint density at radius 3 is 2.58 bits per heavy atom. The fourth-order valence-electron chi connectivity index (χ4n) is 3.38. The van der Waals surface area contributed by atoms with E-state index in [4.69, 9.17) is 9.47 Å². The van der Waals surface area contributed by atoms with Gasteiger partial charge in [0.15, 0.2) is 5.79 Å². The Bertz CT molecular complexity index is 752. The summed E-state index contributed by atoms with van der Waals surface area (Å²) in [6.07, 6.45) is 8.29. The third-order valence-corrected chi connectivity index (χ3v) is 4.86. The molecule has 1 N–H and O–H groups in total. The molecular weight excluding hydrogens is 332 g/mol. The van der Waals surface area contributed by atoms with Crippen LogP contribution in [0.1, 0.15) is 28.8 Å². The normalized spacial score (nSPS) is 18.8. The van der Waals surface area contributed by atoms with Gasteiger partial charge in [0, 0.05) is 57.3 Å². The lowest BCUT2D eigenvalue weighted by Crippen LogP contribution is -2.47. The van der Waals surface area contributed by atoms with Crippen LogP contribution >= 0.6 is 0 Å². The lowest BCUT2D eigenvalue weighted by molar-refractivity contribution is -0.181. The first-order valence-corrected chi connectivity index (χ1v) is 8.89. The van der Waals surface area contributed by atoms with E-state index in [-0.39, 0.29) is 5.91 Å². The quantitative estimate of drug-likeness (QED) is 0.906. The number of piperidine rings is 1. The van der Waals surface area contributed by atoms with Crippen LogP contribution in [0.25, 0.3) is 0 Å². The smallest absolute Gasteiger partial charge is 0.255 e. The molecule has 0 atom stereocenters. The van der Waals surface area contributed by atoms with Crippen LogP contribution in [0.5, 0.6) is 0 Å². The van der Waals surface area contributed by atoms with Crippen molar-refractivity contribution >= 4 is 11.6 Å². The minimum absolute atomic E-state index is 0.00194. The predicted molar refractivity (Wildman–Crippen MR) is 95.6 cm³/mol. The molecule has 0 radical (unpaired) electrons. The molecule has 2 aromatic rings. The highest BCUT2D eigenvalue weighted by atomic mass is 16.7. The summed E-state index contributed by atoms with van der Waals surface area (Å²) in [5, 5.41) is 3.30. The van der Waals surface area contributed by atoms with Crippen LogP contribution in [-0.4, -0.2) is 52.9 Å². The summed E-state index contributed by atoms with van der Waals surface area (Å²) in [6.45, 7) is 3.20. The lowest BCUT2D eigenvalue weighted by Gasteiger charge is -2.37. The summed E-state index contributed by atoms with van der Waals surface area (Å²) in [5.41, 5.74) is 2.53. The number of amides is 1. The lowest BCUT2D eigenvalue weighted by atomic mass is 10.0. The van der Waals surface area contributed by atoms with Crippen LogP contribution in [0, 0.1) is 0 Å². The molecule has 4 heterocycles. The Morgan fingerprint density at radius 2 is 1.85 bits per heavy atom. The molecule has 2 aromatic heterocycles. The van der Waals surface area contributed by atoms with Crippen molar-refractivity contribution in [3.63, 3.8) is 0 Å². The zero-order chi connectivity index (χ0) is 17.8. The van der Waals surface area contributed by atoms with Gasteiger partial charge in [-0.3, -0.25) is 14.8 Å². The van der Waals surface area contributed by atoms with Crippen molar-refractivity contribution in [3.05, 3.63) is 54.1 Å². The molecule has 4 rings (SSSR count). The van der Waals surface area contributed by atoms with Gasteiger partial charge in [0.1, 0.15) is 0 Å². The zero-order valence-corrected chi connectivity index (χ0v) is 14.6. The Morgan fingerprint density at radius 1 is 1.12 bits per heavy atom. The number of carbonyl (C=O) groups is 1. The largest absolute Gasteiger partial charge is 0.380 e. The predicted octanol–water partition coefficient (Wildman–Crippen LogP) is 2.07. The van der Waals surface area contributed by atoms with Crippen molar-refractivity contribution in [2.24, 2.45) is 0 Å². The van der Waals surface area contributed by atoms with E-state index in [2.05, 4.69) is 15.3 Å². The molecule has 7 heteroatoms. The van der Waals surface area contributed by atoms with Gasteiger partial charge >= 0.3 is 0 Å². The summed E-state index contributed by atoms with van der Waals surface area (Å²) < 4.78 is 11.4. The summed E-state index contributed by atoms with van der Waals surface area (Å²) in [4.78, 5) is 22.9. The number of pyridine rings is 2. The molecule has 0 saturated carbocycles. The van der Waals surface area contributed by atoms with Crippen molar-refractivity contribution in [3.8, 4) is 0 Å². The third kappa shape index (κ3) is 3.68. The van der Waals surface area contributed by atoms with Gasteiger partial charge in [0.05, 0.1) is 24.5 Å². The molecule has 0 aromatic carbocycles. The van der Waals surface area contributed by atoms with E-state index >= 15 is 0 Å². The van der Waals surface area contributed by atoms with Crippen molar-refractivity contribution in [2.75, 3.05) is 31.6 Å². The fraction of sp³-hybridized carbons (Fsp3) is 0.421. The molecule has 2 aliphatic rings. The minimum Gasteiger partial charge on any atom is -0.380 e. The second-order valence-corrected chi connectivity index (χ2v) is 6.57. The minimum atomic E-state index is -0.469. The molecule has 2 aliphatic heterocycles. The number of anilines is 1. The van der Waals surface area contributed by atoms with Crippen LogP contribution in [0.2, 0.25) is 0 Å². The first-order chi connectivity index (χ1) is 12.7. The van der Waals surface area contributed by atoms with Gasteiger partial charge in [-0.15, -0.1) is 0 Å². The van der Waals surface area contributed by atoms with Crippen LogP contribution in [-0.2, 0) is 16.0 Å². The summed E-state index contributed by atoms with van der Waals surface area (Å²) >= 11 is 0. The molecule has 7 nitrogen and oxygen atoms in total. The summed E-state index contributed by atoms with van der Waals surface area (Å²) in [7, 11) is 0. The van der Waals surface area contributed by atoms with Gasteiger partial charge in [0.2, 0.25) is 0 Å². The zero-order valence-electron chi connectivity index (χ0n) is 14.6. The highest BCUT2D eigenvalue weighted by Crippen LogP contribution is 2.31. The van der Waals surface area contributed by atoms with E-state index in [1.165, 1.54) is 0 Å². The number of likely N-dealkylation sites (tertiary alicyclic amines) is 1. The highest BCUT2D eigenvalue weighted by Gasteiger charge is 2.40. The number of hydrogen-bond acceptors (Lipinski definition) is 6. The Labute approximate surface area is 152 Å². The average molecular weight is 354 g/mol. The molecular formula is C19H22N4O3. The highest BCUT2D eigenvalue weighted by molar-refractivity contribution is 5.94. The van der Waals surface area contributed by atoms with Crippen molar-refractivity contribution in [2.45, 2.75) is 25.2 Å². The molecule has 0 aliphatic carbocycles. The van der Waals surface area contributed by atoms with Crippen molar-refractivity contribution < 1.29 is 14.3 Å². The van der Waals surface area contributed by atoms with E-state index in [1.54, 1.807) is 24.8 Å². The maximum atomic E-state index is 12.8. The Balaban J connectivity index is 1.37. The molecule has 2 saturated heterocycles. The van der Waals surface area contributed by atoms with Gasteiger partial charge in [-0.2, -0.15) is 0 Å². The van der Waals surface area contributed by atoms with Gasteiger partial charge in [-0.05, 0) is 23.8 Å². The number of nitrogens with zero attached hydrogens (tertiary/aromatic N) is 3. The van der Waals surface area contributed by atoms with E-state index < -0.39 is 5.79 Å². The van der Waals surface area contributed by atoms with Crippen molar-refractivity contribution in [1.82, 2.24) is 14.9 Å².